The topological polar surface area (TPSA) is 38.0 Å². The van der Waals surface area contributed by atoms with Gasteiger partial charge in [0.15, 0.2) is 0 Å². The molecule has 1 rings (SSSR count). The summed E-state index contributed by atoms with van der Waals surface area (Å²) in [6, 6.07) is 0. The predicted octanol–water partition coefficient (Wildman–Crippen LogP) is 1.60. The highest BCUT2D eigenvalue weighted by molar-refractivity contribution is 5.29. The Bertz CT molecular complexity index is 334. The number of alkyl halides is 2. The third kappa shape index (κ3) is 1.64. The molecule has 0 aliphatic heterocycles. The van der Waals surface area contributed by atoms with Crippen molar-refractivity contribution in [3.05, 3.63) is 17.0 Å². The molecule has 0 radical (unpaired) electrons. The summed E-state index contributed by atoms with van der Waals surface area (Å²) >= 11 is 0. The molecule has 0 aliphatic rings. The lowest BCUT2D eigenvalue weighted by Gasteiger charge is -2.13. The molecule has 0 bridgehead atoms. The summed E-state index contributed by atoms with van der Waals surface area (Å²) in [7, 11) is 0. The smallest absolute Gasteiger partial charge is 0.299 e. The van der Waals surface area contributed by atoms with E-state index in [2.05, 4.69) is 5.10 Å². The number of rotatable bonds is 3. The fraction of sp³-hybridized carbons (Fsp3) is 0.667. The average Bonchev–Trinajstić information content (AvgIpc) is 2.41. The average molecular weight is 204 g/mol. The summed E-state index contributed by atoms with van der Waals surface area (Å²) in [6.07, 6.45) is 0. The van der Waals surface area contributed by atoms with E-state index in [9.17, 15) is 8.78 Å². The van der Waals surface area contributed by atoms with Gasteiger partial charge < -0.3 is 5.11 Å². The van der Waals surface area contributed by atoms with E-state index in [1.807, 2.05) is 6.92 Å². The molecule has 3 nitrogen and oxygen atoms in total. The molecule has 0 saturated heterocycles. The zero-order valence-corrected chi connectivity index (χ0v) is 8.51. The second kappa shape index (κ2) is 3.65. The van der Waals surface area contributed by atoms with E-state index in [0.717, 1.165) is 0 Å². The molecule has 0 unspecified atom stereocenters. The molecular formula is C9H14F2N2O. The monoisotopic (exact) mass is 204 g/mol. The third-order valence-corrected chi connectivity index (χ3v) is 2.25. The number of aromatic nitrogens is 2. The number of aliphatic hydroxyl groups excluding tert-OH is 1. The Hall–Kier alpha value is -0.970. The number of halogens is 2. The van der Waals surface area contributed by atoms with E-state index >= 15 is 0 Å². The molecule has 14 heavy (non-hydrogen) atoms. The van der Waals surface area contributed by atoms with Crippen LogP contribution < -0.4 is 0 Å². The zero-order valence-electron chi connectivity index (χ0n) is 8.51. The molecule has 0 saturated carbocycles. The Morgan fingerprint density at radius 1 is 1.43 bits per heavy atom. The van der Waals surface area contributed by atoms with Crippen LogP contribution in [-0.2, 0) is 12.5 Å². The summed E-state index contributed by atoms with van der Waals surface area (Å²) < 4.78 is 28.0. The Labute approximate surface area is 81.4 Å². The lowest BCUT2D eigenvalue weighted by atomic mass is 10.1. The van der Waals surface area contributed by atoms with Crippen molar-refractivity contribution in [2.75, 3.05) is 6.61 Å². The van der Waals surface area contributed by atoms with Crippen LogP contribution in [0.25, 0.3) is 0 Å². The maximum Gasteiger partial charge on any atom is 0.299 e. The van der Waals surface area contributed by atoms with Gasteiger partial charge in [0.25, 0.3) is 5.92 Å². The highest BCUT2D eigenvalue weighted by Gasteiger charge is 2.36. The van der Waals surface area contributed by atoms with Crippen molar-refractivity contribution in [2.24, 2.45) is 0 Å². The van der Waals surface area contributed by atoms with Gasteiger partial charge >= 0.3 is 0 Å². The molecule has 0 fully saturated rings. The second-order valence-corrected chi connectivity index (χ2v) is 3.22. The Morgan fingerprint density at radius 3 is 2.36 bits per heavy atom. The first-order valence-corrected chi connectivity index (χ1v) is 4.47. The first-order valence-electron chi connectivity index (χ1n) is 4.47. The van der Waals surface area contributed by atoms with Gasteiger partial charge in [-0.25, -0.2) is 0 Å². The van der Waals surface area contributed by atoms with Gasteiger partial charge in [-0.05, 0) is 20.8 Å². The van der Waals surface area contributed by atoms with Crippen LogP contribution in [0.2, 0.25) is 0 Å². The normalized spacial score (nSPS) is 12.1. The first kappa shape index (κ1) is 11.1. The molecule has 1 aromatic rings. The number of hydrogen-bond acceptors (Lipinski definition) is 2. The molecule has 0 amide bonds. The highest BCUT2D eigenvalue weighted by atomic mass is 19.3. The first-order chi connectivity index (χ1) is 6.44. The van der Waals surface area contributed by atoms with E-state index in [1.54, 1.807) is 6.92 Å². The molecule has 5 heteroatoms. The van der Waals surface area contributed by atoms with Gasteiger partial charge in [-0.1, -0.05) is 0 Å². The number of hydrogen-bond donors (Lipinski definition) is 1. The van der Waals surface area contributed by atoms with Crippen LogP contribution in [-0.4, -0.2) is 21.5 Å². The van der Waals surface area contributed by atoms with Crippen LogP contribution in [0.1, 0.15) is 23.9 Å². The molecule has 0 aliphatic carbocycles. The number of aryl methyl sites for hydroxylation is 2. The lowest BCUT2D eigenvalue weighted by Crippen LogP contribution is -2.20. The van der Waals surface area contributed by atoms with E-state index in [4.69, 9.17) is 5.11 Å². The van der Waals surface area contributed by atoms with Gasteiger partial charge in [-0.2, -0.15) is 13.9 Å². The van der Waals surface area contributed by atoms with Gasteiger partial charge in [0.05, 0.1) is 11.3 Å². The van der Waals surface area contributed by atoms with Crippen molar-refractivity contribution in [3.63, 3.8) is 0 Å². The van der Waals surface area contributed by atoms with Crippen LogP contribution in [0, 0.1) is 13.8 Å². The molecule has 0 aromatic carbocycles. The third-order valence-electron chi connectivity index (χ3n) is 2.25. The maximum absolute atomic E-state index is 13.3. The molecule has 80 valence electrons. The van der Waals surface area contributed by atoms with Crippen molar-refractivity contribution < 1.29 is 13.9 Å². The SMILES string of the molecule is CCn1nc(C)c(C(F)(F)CO)c1C. The maximum atomic E-state index is 13.3. The summed E-state index contributed by atoms with van der Waals surface area (Å²) in [5.74, 6) is -3.19. The Balaban J connectivity index is 3.27. The van der Waals surface area contributed by atoms with Crippen molar-refractivity contribution in [3.8, 4) is 0 Å². The largest absolute Gasteiger partial charge is 0.390 e. The minimum Gasteiger partial charge on any atom is -0.390 e. The molecule has 0 spiro atoms. The molecule has 0 atom stereocenters. The van der Waals surface area contributed by atoms with Crippen molar-refractivity contribution in [1.29, 1.82) is 0 Å². The van der Waals surface area contributed by atoms with Crippen molar-refractivity contribution in [2.45, 2.75) is 33.2 Å². The van der Waals surface area contributed by atoms with Gasteiger partial charge in [0.1, 0.15) is 6.61 Å². The van der Waals surface area contributed by atoms with Gasteiger partial charge in [0.2, 0.25) is 0 Å². The van der Waals surface area contributed by atoms with Crippen LogP contribution in [0.5, 0.6) is 0 Å². The summed E-state index contributed by atoms with van der Waals surface area (Å²) in [5.41, 5.74) is 0.550. The molecular weight excluding hydrogens is 190 g/mol. The Morgan fingerprint density at radius 2 is 2.00 bits per heavy atom. The number of nitrogens with zero attached hydrogens (tertiary/aromatic N) is 2. The molecule has 1 heterocycles. The minimum absolute atomic E-state index is 0.151. The number of aliphatic hydroxyl groups is 1. The minimum atomic E-state index is -3.19. The standard InChI is InChI=1S/C9H14F2N2O/c1-4-13-7(3)8(6(2)12-13)9(10,11)5-14/h14H,4-5H2,1-3H3. The summed E-state index contributed by atoms with van der Waals surface area (Å²) in [4.78, 5) is 0. The van der Waals surface area contributed by atoms with Crippen molar-refractivity contribution >= 4 is 0 Å². The summed E-state index contributed by atoms with van der Waals surface area (Å²) in [5, 5.41) is 12.6. The van der Waals surface area contributed by atoms with Gasteiger partial charge in [0, 0.05) is 12.2 Å². The van der Waals surface area contributed by atoms with Crippen molar-refractivity contribution in [1.82, 2.24) is 9.78 Å². The van der Waals surface area contributed by atoms with Gasteiger partial charge in [-0.15, -0.1) is 0 Å². The zero-order chi connectivity index (χ0) is 10.9. The second-order valence-electron chi connectivity index (χ2n) is 3.22. The van der Waals surface area contributed by atoms with E-state index in [-0.39, 0.29) is 11.3 Å². The van der Waals surface area contributed by atoms with Crippen LogP contribution >= 0.6 is 0 Å². The molecule has 1 aromatic heterocycles. The van der Waals surface area contributed by atoms with E-state index in [0.29, 0.717) is 12.2 Å². The van der Waals surface area contributed by atoms with Gasteiger partial charge in [-0.3, -0.25) is 4.68 Å². The lowest BCUT2D eigenvalue weighted by molar-refractivity contribution is -0.0566. The van der Waals surface area contributed by atoms with Crippen LogP contribution in [0.4, 0.5) is 8.78 Å². The fourth-order valence-electron chi connectivity index (χ4n) is 1.61. The quantitative estimate of drug-likeness (QED) is 0.812. The summed E-state index contributed by atoms with van der Waals surface area (Å²) in [6.45, 7) is 4.32. The fourth-order valence-corrected chi connectivity index (χ4v) is 1.61. The van der Waals surface area contributed by atoms with E-state index < -0.39 is 12.5 Å². The predicted molar refractivity (Wildman–Crippen MR) is 48.4 cm³/mol. The highest BCUT2D eigenvalue weighted by Crippen LogP contribution is 2.32. The van der Waals surface area contributed by atoms with Crippen LogP contribution in [0.15, 0.2) is 0 Å². The van der Waals surface area contributed by atoms with E-state index in [1.165, 1.54) is 11.6 Å². The van der Waals surface area contributed by atoms with Crippen LogP contribution in [0.3, 0.4) is 0 Å². The Kier molecular flexibility index (Phi) is 2.89. The molecule has 1 N–H and O–H groups in total.